The summed E-state index contributed by atoms with van der Waals surface area (Å²) in [5.74, 6) is -2.33. The molecule has 2 aromatic rings. The number of benzene rings is 2. The second kappa shape index (κ2) is 20.7. The van der Waals surface area contributed by atoms with Gasteiger partial charge in [-0.15, -0.1) is 0 Å². The molecule has 182 valence electrons. The lowest BCUT2D eigenvalue weighted by Crippen LogP contribution is -2.20. The van der Waals surface area contributed by atoms with Crippen LogP contribution in [0.5, 0.6) is 0 Å². The second-order valence-electron chi connectivity index (χ2n) is 6.50. The fourth-order valence-electron chi connectivity index (χ4n) is 2.30. The summed E-state index contributed by atoms with van der Waals surface area (Å²) in [6.07, 6.45) is 0.139. The highest BCUT2D eigenvalue weighted by molar-refractivity contribution is 7.49. The number of hydrogen-bond acceptors (Lipinski definition) is 8. The molecule has 2 N–H and O–H groups in total. The molecule has 2 rings (SSSR count). The van der Waals surface area contributed by atoms with Crippen molar-refractivity contribution in [1.29, 1.82) is 0 Å². The van der Waals surface area contributed by atoms with Crippen molar-refractivity contribution in [3.8, 4) is 0 Å². The molecule has 34 heavy (non-hydrogen) atoms. The molecule has 0 aliphatic carbocycles. The van der Waals surface area contributed by atoms with E-state index in [1.165, 1.54) is 0 Å². The topological polar surface area (TPSA) is 127 Å². The Balaban J connectivity index is 0.000000608. The summed E-state index contributed by atoms with van der Waals surface area (Å²) >= 11 is 0. The zero-order chi connectivity index (χ0) is 25.6. The number of rotatable bonds is 12. The zero-order valence-corrected chi connectivity index (χ0v) is 20.1. The molecule has 0 spiro atoms. The van der Waals surface area contributed by atoms with Crippen molar-refractivity contribution in [3.63, 3.8) is 0 Å². The predicted octanol–water partition coefficient (Wildman–Crippen LogP) is 2.05. The van der Waals surface area contributed by atoms with E-state index in [0.29, 0.717) is 6.42 Å². The lowest BCUT2D eigenvalue weighted by atomic mass is 10.0. The van der Waals surface area contributed by atoms with Gasteiger partial charge in [-0.05, 0) is 0 Å². The summed E-state index contributed by atoms with van der Waals surface area (Å²) in [7, 11) is 6.33. The molecule has 1 unspecified atom stereocenters. The molecule has 0 aliphatic rings. The number of aliphatic hydroxyl groups excluding tert-OH is 2. The molecule has 0 aliphatic heterocycles. The normalized spacial score (nSPS) is 9.38. The summed E-state index contributed by atoms with van der Waals surface area (Å²) in [5, 5.41) is 16.9. The molecule has 0 bridgehead atoms. The standard InChI is InChI=1S/C13H10O.C11H18O7.BH2P/c14-13(11-7-3-1-4-8-11)12-9-5-2-6-10-12;12-5-1-7-17-10(15)4-3-9(14)11(16)18-8-2-6-13;1-2/h1-10H;12-13H,1-8H2;2H2. The van der Waals surface area contributed by atoms with Crippen LogP contribution >= 0.6 is 9.12 Å². The number of carbonyl (C=O) groups excluding carboxylic acids is 4. The Labute approximate surface area is 203 Å². The van der Waals surface area contributed by atoms with E-state index < -0.39 is 17.7 Å². The minimum atomic E-state index is -1.01. The van der Waals surface area contributed by atoms with Crippen molar-refractivity contribution in [2.45, 2.75) is 25.7 Å². The van der Waals surface area contributed by atoms with E-state index in [9.17, 15) is 19.2 Å². The maximum atomic E-state index is 11.8. The molecular formula is C24H30BO8P. The van der Waals surface area contributed by atoms with Crippen molar-refractivity contribution >= 4 is 40.2 Å². The Morgan fingerprint density at radius 2 is 1.15 bits per heavy atom. The second-order valence-corrected chi connectivity index (χ2v) is 6.50. The van der Waals surface area contributed by atoms with Gasteiger partial charge in [-0.25, -0.2) is 4.79 Å². The molecular weight excluding hydrogens is 458 g/mol. The first-order valence-corrected chi connectivity index (χ1v) is 11.2. The number of aliphatic hydroxyl groups is 2. The lowest BCUT2D eigenvalue weighted by molar-refractivity contribution is -0.155. The Morgan fingerprint density at radius 3 is 1.59 bits per heavy atom. The van der Waals surface area contributed by atoms with Crippen LogP contribution in [0.2, 0.25) is 0 Å². The van der Waals surface area contributed by atoms with E-state index in [2.05, 4.69) is 17.0 Å². The van der Waals surface area contributed by atoms with E-state index >= 15 is 0 Å². The van der Waals surface area contributed by atoms with Crippen molar-refractivity contribution in [2.75, 3.05) is 26.4 Å². The van der Waals surface area contributed by atoms with Crippen molar-refractivity contribution in [1.82, 2.24) is 0 Å². The van der Waals surface area contributed by atoms with Crippen LogP contribution in [0, 0.1) is 0 Å². The van der Waals surface area contributed by atoms with Gasteiger partial charge in [0.2, 0.25) is 5.78 Å². The summed E-state index contributed by atoms with van der Waals surface area (Å²) in [4.78, 5) is 45.1. The van der Waals surface area contributed by atoms with Gasteiger partial charge in [0.05, 0.1) is 27.2 Å². The maximum Gasteiger partial charge on any atom is 0.374 e. The summed E-state index contributed by atoms with van der Waals surface area (Å²) in [6, 6.07) is 18.6. The van der Waals surface area contributed by atoms with Gasteiger partial charge in [0.25, 0.3) is 0 Å². The molecule has 2 aromatic carbocycles. The number of ether oxygens (including phenoxy) is 2. The van der Waals surface area contributed by atoms with E-state index in [4.69, 9.17) is 10.2 Å². The van der Waals surface area contributed by atoms with Crippen LogP contribution in [0.25, 0.3) is 0 Å². The maximum absolute atomic E-state index is 11.8. The van der Waals surface area contributed by atoms with Gasteiger partial charge in [0.1, 0.15) is 0 Å². The first-order valence-electron chi connectivity index (χ1n) is 10.5. The summed E-state index contributed by atoms with van der Waals surface area (Å²) in [5.41, 5.74) is 1.47. The van der Waals surface area contributed by atoms with E-state index in [0.717, 1.165) is 11.1 Å². The number of esters is 2. The Kier molecular flexibility index (Phi) is 19.0. The van der Waals surface area contributed by atoms with Crippen molar-refractivity contribution in [2.24, 2.45) is 0 Å². The van der Waals surface area contributed by atoms with Gasteiger partial charge in [0.15, 0.2) is 5.78 Å². The monoisotopic (exact) mass is 488 g/mol. The van der Waals surface area contributed by atoms with E-state index in [-0.39, 0.29) is 51.5 Å². The van der Waals surface area contributed by atoms with Gasteiger partial charge in [-0.1, -0.05) is 60.7 Å². The van der Waals surface area contributed by atoms with Crippen LogP contribution in [0.1, 0.15) is 41.6 Å². The quantitative estimate of drug-likeness (QED) is 0.116. The molecule has 0 amide bonds. The highest BCUT2D eigenvalue weighted by Gasteiger charge is 2.17. The molecule has 0 saturated carbocycles. The summed E-state index contributed by atoms with van der Waals surface area (Å²) < 4.78 is 9.22. The third-order valence-electron chi connectivity index (χ3n) is 3.96. The minimum absolute atomic E-state index is 0.0258. The molecule has 0 saturated heterocycles. The van der Waals surface area contributed by atoms with Gasteiger partial charge in [-0.2, -0.15) is 9.12 Å². The Bertz CT molecular complexity index is 805. The third kappa shape index (κ3) is 14.3. The van der Waals surface area contributed by atoms with Gasteiger partial charge in [-0.3, -0.25) is 14.4 Å². The van der Waals surface area contributed by atoms with Gasteiger partial charge >= 0.3 is 11.9 Å². The molecule has 2 radical (unpaired) electrons. The molecule has 0 fully saturated rings. The molecule has 0 aromatic heterocycles. The smallest absolute Gasteiger partial charge is 0.374 e. The first-order chi connectivity index (χ1) is 16.5. The fourth-order valence-corrected chi connectivity index (χ4v) is 2.30. The largest absolute Gasteiger partial charge is 0.466 e. The molecule has 1 atom stereocenters. The van der Waals surface area contributed by atoms with Crippen molar-refractivity contribution in [3.05, 3.63) is 71.8 Å². The fraction of sp³-hybridized carbons (Fsp3) is 0.333. The van der Waals surface area contributed by atoms with Crippen LogP contribution in [0.3, 0.4) is 0 Å². The minimum Gasteiger partial charge on any atom is -0.466 e. The SMILES string of the molecule is O=C(CCC(=O)C(=O)OCCCO)OCCCO.O=C(c1ccccc1)c1ccccc1.[B]P. The average Bonchev–Trinajstić information content (AvgIpc) is 2.89. The number of carbonyl (C=O) groups is 4. The summed E-state index contributed by atoms with van der Waals surface area (Å²) in [6.45, 7) is -0.144. The number of ketones is 2. The van der Waals surface area contributed by atoms with Crippen molar-refractivity contribution < 1.29 is 38.9 Å². The number of Topliss-reactive ketones (excluding diaryl/α,β-unsaturated/α-hetero) is 1. The Hall–Kier alpha value is -2.87. The van der Waals surface area contributed by atoms with Gasteiger partial charge < -0.3 is 19.7 Å². The lowest BCUT2D eigenvalue weighted by Gasteiger charge is -2.04. The molecule has 0 heterocycles. The first kappa shape index (κ1) is 31.1. The zero-order valence-electron chi connectivity index (χ0n) is 18.9. The highest BCUT2D eigenvalue weighted by atomic mass is 31.0. The Morgan fingerprint density at radius 1 is 0.706 bits per heavy atom. The molecule has 8 nitrogen and oxygen atoms in total. The number of hydrogen-bond donors (Lipinski definition) is 2. The highest BCUT2D eigenvalue weighted by Crippen LogP contribution is 2.08. The molecule has 10 heteroatoms. The third-order valence-corrected chi connectivity index (χ3v) is 3.96. The van der Waals surface area contributed by atoms with E-state index in [1.807, 2.05) is 69.8 Å². The van der Waals surface area contributed by atoms with Crippen LogP contribution in [-0.4, -0.2) is 67.7 Å². The van der Waals surface area contributed by atoms with Gasteiger partial charge in [0, 0.05) is 43.6 Å². The van der Waals surface area contributed by atoms with Crippen LogP contribution in [-0.2, 0) is 23.9 Å². The average molecular weight is 488 g/mol. The van der Waals surface area contributed by atoms with E-state index in [1.54, 1.807) is 0 Å². The predicted molar refractivity (Wildman–Crippen MR) is 131 cm³/mol. The van der Waals surface area contributed by atoms with Crippen LogP contribution in [0.15, 0.2) is 60.7 Å². The van der Waals surface area contributed by atoms with Crippen LogP contribution < -0.4 is 0 Å². The van der Waals surface area contributed by atoms with Crippen LogP contribution in [0.4, 0.5) is 0 Å².